The Morgan fingerprint density at radius 1 is 1.35 bits per heavy atom. The lowest BCUT2D eigenvalue weighted by Crippen LogP contribution is -2.53. The average molecular weight is 318 g/mol. The minimum Gasteiger partial charge on any atom is -0.467 e. The van der Waals surface area contributed by atoms with Gasteiger partial charge in [-0.3, -0.25) is 9.78 Å². The van der Waals surface area contributed by atoms with Crippen LogP contribution >= 0.6 is 0 Å². The minimum atomic E-state index is -0.577. The number of pyridine rings is 1. The van der Waals surface area contributed by atoms with Crippen LogP contribution in [0.3, 0.4) is 0 Å². The topological polar surface area (TPSA) is 68.7 Å². The van der Waals surface area contributed by atoms with Crippen molar-refractivity contribution in [1.29, 1.82) is 0 Å². The van der Waals surface area contributed by atoms with Gasteiger partial charge in [0.15, 0.2) is 6.10 Å². The first kappa shape index (κ1) is 15.9. The molecule has 3 heterocycles. The van der Waals surface area contributed by atoms with E-state index in [1.54, 1.807) is 12.3 Å². The van der Waals surface area contributed by atoms with Crippen molar-refractivity contribution in [3.05, 3.63) is 29.6 Å². The maximum atomic E-state index is 12.9. The van der Waals surface area contributed by atoms with Gasteiger partial charge in [-0.05, 0) is 38.8 Å². The second-order valence-electron chi connectivity index (χ2n) is 6.32. The molecule has 0 unspecified atom stereocenters. The van der Waals surface area contributed by atoms with Crippen molar-refractivity contribution in [2.75, 3.05) is 7.11 Å². The fourth-order valence-electron chi connectivity index (χ4n) is 3.53. The lowest BCUT2D eigenvalue weighted by Gasteiger charge is -2.41. The number of nitrogens with zero attached hydrogens (tertiary/aromatic N) is 2. The Morgan fingerprint density at radius 3 is 2.78 bits per heavy atom. The van der Waals surface area contributed by atoms with E-state index in [1.165, 1.54) is 7.11 Å². The Balaban J connectivity index is 1.83. The van der Waals surface area contributed by atoms with Crippen LogP contribution in [0.25, 0.3) is 0 Å². The van der Waals surface area contributed by atoms with Crippen molar-refractivity contribution in [2.24, 2.45) is 0 Å². The molecule has 124 valence electrons. The van der Waals surface area contributed by atoms with Crippen LogP contribution in [-0.4, -0.2) is 53.2 Å². The molecule has 0 aromatic carbocycles. The van der Waals surface area contributed by atoms with E-state index in [4.69, 9.17) is 9.47 Å². The third-order valence-corrected chi connectivity index (χ3v) is 4.78. The summed E-state index contributed by atoms with van der Waals surface area (Å²) < 4.78 is 10.6. The Kier molecular flexibility index (Phi) is 4.35. The molecule has 0 radical (unpaired) electrons. The van der Waals surface area contributed by atoms with E-state index in [0.717, 1.165) is 18.5 Å². The van der Waals surface area contributed by atoms with Crippen LogP contribution in [0.5, 0.6) is 0 Å². The van der Waals surface area contributed by atoms with Gasteiger partial charge >= 0.3 is 5.97 Å². The Hall–Kier alpha value is -1.95. The smallest absolute Gasteiger partial charge is 0.335 e. The van der Waals surface area contributed by atoms with Gasteiger partial charge in [-0.1, -0.05) is 0 Å². The van der Waals surface area contributed by atoms with Gasteiger partial charge in [-0.15, -0.1) is 0 Å². The highest BCUT2D eigenvalue weighted by Gasteiger charge is 2.47. The molecule has 1 amide bonds. The molecule has 6 heteroatoms. The van der Waals surface area contributed by atoms with E-state index in [0.29, 0.717) is 12.0 Å². The number of hydrogen-bond donors (Lipinski definition) is 0. The van der Waals surface area contributed by atoms with Gasteiger partial charge in [0.05, 0.1) is 24.8 Å². The van der Waals surface area contributed by atoms with Crippen LogP contribution in [-0.2, 0) is 14.3 Å². The molecule has 1 aromatic heterocycles. The van der Waals surface area contributed by atoms with Crippen LogP contribution < -0.4 is 0 Å². The van der Waals surface area contributed by atoms with Gasteiger partial charge in [-0.2, -0.15) is 0 Å². The maximum Gasteiger partial charge on any atom is 0.335 e. The average Bonchev–Trinajstić information content (AvgIpc) is 2.98. The normalized spacial score (nSPS) is 30.0. The number of ether oxygens (including phenoxy) is 2. The Labute approximate surface area is 135 Å². The molecule has 3 rings (SSSR count). The van der Waals surface area contributed by atoms with Gasteiger partial charge in [-0.25, -0.2) is 4.79 Å². The molecule has 2 aliphatic rings. The number of carbonyl (C=O) groups excluding carboxylic acids is 2. The number of esters is 1. The van der Waals surface area contributed by atoms with E-state index >= 15 is 0 Å². The van der Waals surface area contributed by atoms with E-state index in [9.17, 15) is 9.59 Å². The van der Waals surface area contributed by atoms with E-state index in [2.05, 4.69) is 4.98 Å². The van der Waals surface area contributed by atoms with Crippen molar-refractivity contribution in [1.82, 2.24) is 9.88 Å². The lowest BCUT2D eigenvalue weighted by atomic mass is 9.92. The molecule has 2 saturated heterocycles. The summed E-state index contributed by atoms with van der Waals surface area (Å²) in [5.41, 5.74) is 1.45. The second-order valence-corrected chi connectivity index (χ2v) is 6.32. The standard InChI is InChI=1S/C17H22N2O4/c1-10-4-6-12(9-18-10)16(20)19-11(2)5-7-14-13(19)8-15(23-14)17(21)22-3/h4,6,9,11,13-15H,5,7-8H2,1-3H3/t11-,13+,14+,15-/m0/s1. The summed E-state index contributed by atoms with van der Waals surface area (Å²) in [6, 6.07) is 3.66. The predicted molar refractivity (Wildman–Crippen MR) is 82.9 cm³/mol. The maximum absolute atomic E-state index is 12.9. The quantitative estimate of drug-likeness (QED) is 0.777. The molecule has 2 aliphatic heterocycles. The first-order valence-electron chi connectivity index (χ1n) is 8.00. The third kappa shape index (κ3) is 2.95. The van der Waals surface area contributed by atoms with Crippen molar-refractivity contribution in [2.45, 2.75) is 57.4 Å². The molecule has 2 fully saturated rings. The SMILES string of the molecule is COC(=O)[C@@H]1C[C@@H]2[C@@H](CC[C@H](C)N2C(=O)c2ccc(C)nc2)O1. The summed E-state index contributed by atoms with van der Waals surface area (Å²) in [6.45, 7) is 3.93. The van der Waals surface area contributed by atoms with Crippen molar-refractivity contribution in [3.63, 3.8) is 0 Å². The molecular weight excluding hydrogens is 296 g/mol. The van der Waals surface area contributed by atoms with Crippen LogP contribution in [0.15, 0.2) is 18.3 Å². The number of fused-ring (bicyclic) bond motifs is 1. The summed E-state index contributed by atoms with van der Waals surface area (Å²) in [6.07, 6.45) is 3.15. The van der Waals surface area contributed by atoms with Crippen LogP contribution in [0.1, 0.15) is 42.2 Å². The zero-order valence-corrected chi connectivity index (χ0v) is 13.7. The first-order chi connectivity index (χ1) is 11.0. The zero-order chi connectivity index (χ0) is 16.6. The molecule has 0 bridgehead atoms. The molecule has 0 saturated carbocycles. The van der Waals surface area contributed by atoms with Gasteiger partial charge in [0, 0.05) is 24.4 Å². The highest BCUT2D eigenvalue weighted by molar-refractivity contribution is 5.94. The summed E-state index contributed by atoms with van der Waals surface area (Å²) in [7, 11) is 1.36. The van der Waals surface area contributed by atoms with Crippen molar-refractivity contribution in [3.8, 4) is 0 Å². The van der Waals surface area contributed by atoms with Gasteiger partial charge in [0.2, 0.25) is 0 Å². The number of aryl methyl sites for hydroxylation is 1. The molecule has 4 atom stereocenters. The monoisotopic (exact) mass is 318 g/mol. The van der Waals surface area contributed by atoms with E-state index in [1.807, 2.05) is 24.8 Å². The van der Waals surface area contributed by atoms with E-state index in [-0.39, 0.29) is 30.1 Å². The summed E-state index contributed by atoms with van der Waals surface area (Å²) in [4.78, 5) is 30.8. The first-order valence-corrected chi connectivity index (χ1v) is 8.00. The van der Waals surface area contributed by atoms with Crippen molar-refractivity contribution >= 4 is 11.9 Å². The Morgan fingerprint density at radius 2 is 2.13 bits per heavy atom. The molecule has 0 N–H and O–H groups in total. The Bertz CT molecular complexity index is 601. The largest absolute Gasteiger partial charge is 0.467 e. The highest BCUT2D eigenvalue weighted by atomic mass is 16.6. The minimum absolute atomic E-state index is 0.0474. The second kappa shape index (κ2) is 6.28. The zero-order valence-electron chi connectivity index (χ0n) is 13.7. The van der Waals surface area contributed by atoms with Gasteiger partial charge in [0.25, 0.3) is 5.91 Å². The fraction of sp³-hybridized carbons (Fsp3) is 0.588. The number of piperidine rings is 1. The van der Waals surface area contributed by atoms with Gasteiger partial charge in [0.1, 0.15) is 0 Å². The number of likely N-dealkylation sites (tertiary alicyclic amines) is 1. The molecule has 0 aliphatic carbocycles. The number of amides is 1. The summed E-state index contributed by atoms with van der Waals surface area (Å²) in [5.74, 6) is -0.412. The molecule has 0 spiro atoms. The summed E-state index contributed by atoms with van der Waals surface area (Å²) in [5, 5.41) is 0. The summed E-state index contributed by atoms with van der Waals surface area (Å²) >= 11 is 0. The van der Waals surface area contributed by atoms with Crippen LogP contribution in [0.4, 0.5) is 0 Å². The molecular formula is C17H22N2O4. The third-order valence-electron chi connectivity index (χ3n) is 4.78. The molecule has 6 nitrogen and oxygen atoms in total. The van der Waals surface area contributed by atoms with Crippen LogP contribution in [0, 0.1) is 6.92 Å². The number of aromatic nitrogens is 1. The highest BCUT2D eigenvalue weighted by Crippen LogP contribution is 2.36. The molecule has 23 heavy (non-hydrogen) atoms. The van der Waals surface area contributed by atoms with E-state index < -0.39 is 6.10 Å². The van der Waals surface area contributed by atoms with Gasteiger partial charge < -0.3 is 14.4 Å². The number of rotatable bonds is 2. The predicted octanol–water partition coefficient (Wildman–Crippen LogP) is 1.71. The number of hydrogen-bond acceptors (Lipinski definition) is 5. The number of carbonyl (C=O) groups is 2. The number of methoxy groups -OCH3 is 1. The molecule has 1 aromatic rings. The van der Waals surface area contributed by atoms with Crippen molar-refractivity contribution < 1.29 is 19.1 Å². The van der Waals surface area contributed by atoms with Crippen LogP contribution in [0.2, 0.25) is 0 Å². The lowest BCUT2D eigenvalue weighted by molar-refractivity contribution is -0.153. The fourth-order valence-corrected chi connectivity index (χ4v) is 3.53.